The number of benzene rings is 3. The van der Waals surface area contributed by atoms with Gasteiger partial charge in [0.15, 0.2) is 5.78 Å². The van der Waals surface area contributed by atoms with Gasteiger partial charge in [-0.15, -0.1) is 0 Å². The summed E-state index contributed by atoms with van der Waals surface area (Å²) in [5.74, 6) is -0.117. The van der Waals surface area contributed by atoms with Crippen molar-refractivity contribution in [3.8, 4) is 11.5 Å². The molecule has 3 aromatic carbocycles. The van der Waals surface area contributed by atoms with Crippen molar-refractivity contribution in [1.29, 1.82) is 0 Å². The summed E-state index contributed by atoms with van der Waals surface area (Å²) in [6.07, 6.45) is 0.963. The molecule has 1 aliphatic heterocycles. The number of rotatable bonds is 10. The molecule has 1 heterocycles. The Kier molecular flexibility index (Phi) is 8.95. The number of esters is 1. The number of methoxy groups -OCH3 is 2. The number of Topliss-reactive ketones (excluding diaryl/α,β-unsaturated/α-hetero) is 1. The number of ketones is 1. The Morgan fingerprint density at radius 2 is 1.54 bits per heavy atom. The zero-order valence-electron chi connectivity index (χ0n) is 23.7. The second kappa shape index (κ2) is 13.0. The average molecular weight is 554 g/mol. The van der Waals surface area contributed by atoms with E-state index in [1.54, 1.807) is 14.2 Å². The molecule has 1 aliphatic carbocycles. The third kappa shape index (κ3) is 6.41. The van der Waals surface area contributed by atoms with Gasteiger partial charge < -0.3 is 18.9 Å². The molecule has 212 valence electrons. The number of ether oxygens (including phenoxy) is 4. The second-order valence-corrected chi connectivity index (χ2v) is 10.4. The van der Waals surface area contributed by atoms with Crippen molar-refractivity contribution < 1.29 is 28.5 Å². The molecule has 0 saturated carbocycles. The first-order valence-corrected chi connectivity index (χ1v) is 13.9. The number of nitrogens with zero attached hydrogens (tertiary/aromatic N) is 1. The van der Waals surface area contributed by atoms with Crippen LogP contribution in [0.5, 0.6) is 11.5 Å². The summed E-state index contributed by atoms with van der Waals surface area (Å²) in [4.78, 5) is 32.1. The van der Waals surface area contributed by atoms with E-state index in [1.165, 1.54) is 0 Å². The molecule has 0 fully saturated rings. The van der Waals surface area contributed by atoms with E-state index in [9.17, 15) is 9.59 Å². The topological polar surface area (TPSA) is 83.4 Å². The van der Waals surface area contributed by atoms with Gasteiger partial charge in [0.25, 0.3) is 0 Å². The van der Waals surface area contributed by atoms with Gasteiger partial charge in [-0.25, -0.2) is 0 Å². The smallest absolute Gasteiger partial charge is 0.315 e. The first-order valence-electron chi connectivity index (χ1n) is 13.9. The lowest BCUT2D eigenvalue weighted by molar-refractivity contribution is -0.147. The van der Waals surface area contributed by atoms with Crippen LogP contribution in [0.25, 0.3) is 0 Å². The first kappa shape index (κ1) is 28.3. The number of hydrogen-bond acceptors (Lipinski definition) is 7. The van der Waals surface area contributed by atoms with Crippen molar-refractivity contribution in [3.05, 3.63) is 107 Å². The molecule has 5 rings (SSSR count). The summed E-state index contributed by atoms with van der Waals surface area (Å²) >= 11 is 0. The Bertz CT molecular complexity index is 1430. The molecule has 0 amide bonds. The third-order valence-corrected chi connectivity index (χ3v) is 7.75. The molecular formula is C34H35NO6. The van der Waals surface area contributed by atoms with Gasteiger partial charge in [-0.05, 0) is 60.2 Å². The summed E-state index contributed by atoms with van der Waals surface area (Å²) in [5.41, 5.74) is 4.98. The molecule has 0 aromatic heterocycles. The molecule has 41 heavy (non-hydrogen) atoms. The van der Waals surface area contributed by atoms with Crippen LogP contribution in [0.1, 0.15) is 48.3 Å². The van der Waals surface area contributed by atoms with Gasteiger partial charge in [-0.1, -0.05) is 54.6 Å². The lowest BCUT2D eigenvalue weighted by Crippen LogP contribution is -2.38. The van der Waals surface area contributed by atoms with Crippen molar-refractivity contribution in [2.24, 2.45) is 10.9 Å². The Morgan fingerprint density at radius 1 is 0.854 bits per heavy atom. The van der Waals surface area contributed by atoms with E-state index >= 15 is 0 Å². The quantitative estimate of drug-likeness (QED) is 0.225. The van der Waals surface area contributed by atoms with E-state index in [1.807, 2.05) is 85.8 Å². The monoisotopic (exact) mass is 553 g/mol. The average Bonchev–Trinajstić information content (AvgIpc) is 3.00. The zero-order valence-corrected chi connectivity index (χ0v) is 23.7. The van der Waals surface area contributed by atoms with Crippen LogP contribution in [0.4, 0.5) is 0 Å². The number of allylic oxidation sites excluding steroid dienone is 2. The molecule has 7 heteroatoms. The minimum atomic E-state index is -0.705. The normalized spacial score (nSPS) is 20.2. The highest BCUT2D eigenvalue weighted by Crippen LogP contribution is 2.47. The van der Waals surface area contributed by atoms with Crippen LogP contribution < -0.4 is 9.47 Å². The summed E-state index contributed by atoms with van der Waals surface area (Å²) in [7, 11) is 3.19. The van der Waals surface area contributed by atoms with Crippen LogP contribution >= 0.6 is 0 Å². The van der Waals surface area contributed by atoms with Crippen LogP contribution in [-0.4, -0.2) is 44.9 Å². The van der Waals surface area contributed by atoms with Crippen molar-refractivity contribution in [3.63, 3.8) is 0 Å². The van der Waals surface area contributed by atoms with Gasteiger partial charge >= 0.3 is 5.97 Å². The summed E-state index contributed by atoms with van der Waals surface area (Å²) in [6.45, 7) is 2.73. The van der Waals surface area contributed by atoms with Crippen molar-refractivity contribution in [1.82, 2.24) is 0 Å². The Hall–Kier alpha value is -4.23. The minimum Gasteiger partial charge on any atom is -0.497 e. The predicted octanol–water partition coefficient (Wildman–Crippen LogP) is 6.04. The number of aliphatic imine (C=N–C) groups is 1. The first-order chi connectivity index (χ1) is 20.0. The summed E-state index contributed by atoms with van der Waals surface area (Å²) in [6, 6.07) is 25.4. The fourth-order valence-corrected chi connectivity index (χ4v) is 5.66. The van der Waals surface area contributed by atoms with Gasteiger partial charge in [0.2, 0.25) is 0 Å². The molecule has 7 nitrogen and oxygen atoms in total. The van der Waals surface area contributed by atoms with Crippen LogP contribution in [0, 0.1) is 5.92 Å². The Labute approximate surface area is 240 Å². The van der Waals surface area contributed by atoms with Gasteiger partial charge in [0.1, 0.15) is 30.6 Å². The molecule has 1 unspecified atom stereocenters. The van der Waals surface area contributed by atoms with Crippen LogP contribution in [0.2, 0.25) is 0 Å². The number of carbonyl (C=O) groups is 2. The van der Waals surface area contributed by atoms with Gasteiger partial charge in [-0.2, -0.15) is 0 Å². The van der Waals surface area contributed by atoms with Crippen LogP contribution in [0.3, 0.4) is 0 Å². The molecule has 3 aromatic rings. The molecule has 0 N–H and O–H groups in total. The van der Waals surface area contributed by atoms with E-state index in [0.29, 0.717) is 43.1 Å². The van der Waals surface area contributed by atoms with E-state index in [2.05, 4.69) is 0 Å². The van der Waals surface area contributed by atoms with Gasteiger partial charge in [-0.3, -0.25) is 14.6 Å². The molecule has 3 atom stereocenters. The van der Waals surface area contributed by atoms with E-state index in [-0.39, 0.29) is 18.3 Å². The van der Waals surface area contributed by atoms with Crippen LogP contribution in [-0.2, 0) is 25.7 Å². The SMILES string of the molecule is COCCOC(=O)C1C(C)=NC2=C(C(=O)C[C@@H](c3ccc(OC)cc3)C2)[C@@H]1c1ccc(OCc2ccccc2)cc1. The molecule has 0 radical (unpaired) electrons. The largest absolute Gasteiger partial charge is 0.497 e. The van der Waals surface area contributed by atoms with Crippen molar-refractivity contribution in [2.75, 3.05) is 27.4 Å². The van der Waals surface area contributed by atoms with E-state index < -0.39 is 17.8 Å². The second-order valence-electron chi connectivity index (χ2n) is 10.4. The van der Waals surface area contributed by atoms with Crippen molar-refractivity contribution >= 4 is 17.5 Å². The lowest BCUT2D eigenvalue weighted by Gasteiger charge is -2.36. The van der Waals surface area contributed by atoms with Crippen LogP contribution in [0.15, 0.2) is 95.1 Å². The van der Waals surface area contributed by atoms with Crippen molar-refractivity contribution in [2.45, 2.75) is 38.2 Å². The standard InChI is InChI=1S/C34H35NO6/c1-22-31(34(37)40-18-17-38-2)32(25-11-15-28(16-12-25)41-21-23-7-5-4-6-8-23)33-29(35-22)19-26(20-30(33)36)24-9-13-27(39-3)14-10-24/h4-16,26,31-32H,17-21H2,1-3H3/t26-,31?,32+/m0/s1. The summed E-state index contributed by atoms with van der Waals surface area (Å²) < 4.78 is 21.9. The van der Waals surface area contributed by atoms with E-state index in [4.69, 9.17) is 23.9 Å². The maximum Gasteiger partial charge on any atom is 0.315 e. The van der Waals surface area contributed by atoms with Gasteiger partial charge in [0, 0.05) is 36.4 Å². The number of carbonyl (C=O) groups excluding carboxylic acids is 2. The highest BCUT2D eigenvalue weighted by atomic mass is 16.6. The number of hydrogen-bond donors (Lipinski definition) is 0. The molecule has 0 spiro atoms. The summed E-state index contributed by atoms with van der Waals surface area (Å²) in [5, 5.41) is 0. The Balaban J connectivity index is 1.45. The minimum absolute atomic E-state index is 0.00308. The van der Waals surface area contributed by atoms with E-state index in [0.717, 1.165) is 28.1 Å². The molecule has 0 saturated heterocycles. The fraction of sp³-hybridized carbons (Fsp3) is 0.324. The molecule has 0 bridgehead atoms. The molecular weight excluding hydrogens is 518 g/mol. The third-order valence-electron chi connectivity index (χ3n) is 7.75. The predicted molar refractivity (Wildman–Crippen MR) is 156 cm³/mol. The Morgan fingerprint density at radius 3 is 2.22 bits per heavy atom. The maximum absolute atomic E-state index is 13.8. The highest BCUT2D eigenvalue weighted by Gasteiger charge is 2.44. The molecule has 2 aliphatic rings. The highest BCUT2D eigenvalue weighted by molar-refractivity contribution is 6.09. The lowest BCUT2D eigenvalue weighted by atomic mass is 9.69. The van der Waals surface area contributed by atoms with Gasteiger partial charge in [0.05, 0.1) is 13.7 Å². The maximum atomic E-state index is 13.8. The zero-order chi connectivity index (χ0) is 28.8. The fourth-order valence-electron chi connectivity index (χ4n) is 5.66.